The molecule has 4 rings (SSSR count). The third-order valence-electron chi connectivity index (χ3n) is 6.35. The van der Waals surface area contributed by atoms with Gasteiger partial charge in [0.15, 0.2) is 19.7 Å². The molecule has 32 heavy (non-hydrogen) atoms. The standard InChI is InChI=1S/C22H30N2O5S3/c1-16-7-8-19(29-2)21(12-16)32(27,28)22-15-31(25,26)14-17(22)23-13-18(20-6-5-11-30-20)24-9-3-4-10-24/h5-8,11-12,17-18,22-23H,3-4,9-10,13-15H2,1-2H3/t17-,18?,22-/m0/s1. The van der Waals surface area contributed by atoms with Gasteiger partial charge in [-0.05, 0) is 62.0 Å². The fourth-order valence-electron chi connectivity index (χ4n) is 4.69. The SMILES string of the molecule is COc1ccc(C)cc1S(=O)(=O)[C@H]1CS(=O)(=O)C[C@@H]1NCC(c1cccs1)N1CCCC1. The van der Waals surface area contributed by atoms with Crippen molar-refractivity contribution < 1.29 is 21.6 Å². The summed E-state index contributed by atoms with van der Waals surface area (Å²) in [6, 6.07) is 8.51. The number of aryl methyl sites for hydroxylation is 1. The molecule has 0 aliphatic carbocycles. The molecule has 1 aromatic heterocycles. The number of hydrogen-bond acceptors (Lipinski definition) is 8. The van der Waals surface area contributed by atoms with Crippen LogP contribution in [0.15, 0.2) is 40.6 Å². The number of ether oxygens (including phenoxy) is 1. The summed E-state index contributed by atoms with van der Waals surface area (Å²) in [7, 11) is -5.98. The topological polar surface area (TPSA) is 92.8 Å². The molecule has 3 atom stereocenters. The van der Waals surface area contributed by atoms with Gasteiger partial charge in [-0.3, -0.25) is 4.90 Å². The Morgan fingerprint density at radius 2 is 1.97 bits per heavy atom. The van der Waals surface area contributed by atoms with E-state index in [4.69, 9.17) is 4.74 Å². The minimum absolute atomic E-state index is 0.0586. The molecule has 7 nitrogen and oxygen atoms in total. The van der Waals surface area contributed by atoms with Crippen LogP contribution in [0.4, 0.5) is 0 Å². The fraction of sp³-hybridized carbons (Fsp3) is 0.545. The van der Waals surface area contributed by atoms with Crippen LogP contribution in [0, 0.1) is 6.92 Å². The van der Waals surface area contributed by atoms with E-state index in [0.717, 1.165) is 31.5 Å². The number of methoxy groups -OCH3 is 1. The Morgan fingerprint density at radius 3 is 2.62 bits per heavy atom. The Hall–Kier alpha value is -1.46. The predicted molar refractivity (Wildman–Crippen MR) is 127 cm³/mol. The van der Waals surface area contributed by atoms with E-state index in [1.54, 1.807) is 36.5 Å². The zero-order chi connectivity index (χ0) is 22.9. The summed E-state index contributed by atoms with van der Waals surface area (Å²) >= 11 is 1.68. The van der Waals surface area contributed by atoms with Crippen LogP contribution in [-0.2, 0) is 19.7 Å². The molecule has 2 aliphatic rings. The summed E-state index contributed by atoms with van der Waals surface area (Å²) in [6.45, 7) is 4.31. The van der Waals surface area contributed by atoms with Crippen molar-refractivity contribution in [2.75, 3.05) is 38.2 Å². The van der Waals surface area contributed by atoms with E-state index in [9.17, 15) is 16.8 Å². The van der Waals surface area contributed by atoms with Crippen LogP contribution >= 0.6 is 11.3 Å². The highest BCUT2D eigenvalue weighted by molar-refractivity contribution is 7.96. The lowest BCUT2D eigenvalue weighted by Gasteiger charge is -2.29. The van der Waals surface area contributed by atoms with Gasteiger partial charge < -0.3 is 10.1 Å². The van der Waals surface area contributed by atoms with Gasteiger partial charge in [-0.2, -0.15) is 0 Å². The summed E-state index contributed by atoms with van der Waals surface area (Å²) in [4.78, 5) is 3.67. The van der Waals surface area contributed by atoms with Gasteiger partial charge in [0.05, 0.1) is 29.9 Å². The molecule has 0 spiro atoms. The van der Waals surface area contributed by atoms with E-state index in [0.29, 0.717) is 6.54 Å². The van der Waals surface area contributed by atoms with E-state index in [1.165, 1.54) is 12.0 Å². The van der Waals surface area contributed by atoms with Gasteiger partial charge >= 0.3 is 0 Å². The molecule has 2 saturated heterocycles. The van der Waals surface area contributed by atoms with Crippen LogP contribution in [0.5, 0.6) is 5.75 Å². The lowest BCUT2D eigenvalue weighted by Crippen LogP contribution is -2.46. The first-order chi connectivity index (χ1) is 15.2. The van der Waals surface area contributed by atoms with Crippen molar-refractivity contribution in [3.05, 3.63) is 46.2 Å². The van der Waals surface area contributed by atoms with Crippen molar-refractivity contribution in [2.45, 2.75) is 42.0 Å². The van der Waals surface area contributed by atoms with Gasteiger partial charge in [-0.15, -0.1) is 11.3 Å². The molecule has 1 aromatic carbocycles. The fourth-order valence-corrected chi connectivity index (χ4v) is 10.5. The Bertz CT molecular complexity index is 1140. The molecular weight excluding hydrogens is 468 g/mol. The summed E-state index contributed by atoms with van der Waals surface area (Å²) in [6.07, 6.45) is 2.29. The molecule has 1 N–H and O–H groups in total. The highest BCUT2D eigenvalue weighted by Gasteiger charge is 2.47. The van der Waals surface area contributed by atoms with Crippen molar-refractivity contribution in [2.24, 2.45) is 0 Å². The van der Waals surface area contributed by atoms with Crippen LogP contribution in [0.1, 0.15) is 29.3 Å². The number of rotatable bonds is 8. The normalized spacial score (nSPS) is 24.6. The van der Waals surface area contributed by atoms with Crippen molar-refractivity contribution >= 4 is 31.0 Å². The second kappa shape index (κ2) is 9.42. The number of likely N-dealkylation sites (tertiary alicyclic amines) is 1. The van der Waals surface area contributed by atoms with Gasteiger partial charge in [-0.1, -0.05) is 12.1 Å². The number of hydrogen-bond donors (Lipinski definition) is 1. The first kappa shape index (κ1) is 23.7. The molecule has 2 aliphatic heterocycles. The van der Waals surface area contributed by atoms with Crippen molar-refractivity contribution in [3.8, 4) is 5.75 Å². The molecule has 2 fully saturated rings. The number of thiophene rings is 1. The highest BCUT2D eigenvalue weighted by Crippen LogP contribution is 2.33. The number of sulfone groups is 2. The maximum atomic E-state index is 13.6. The monoisotopic (exact) mass is 498 g/mol. The molecule has 10 heteroatoms. The average Bonchev–Trinajstić information content (AvgIpc) is 3.50. The molecule has 1 unspecified atom stereocenters. The first-order valence-corrected chi connectivity index (χ1v) is 15.1. The van der Waals surface area contributed by atoms with Gasteiger partial charge in [0.25, 0.3) is 0 Å². The predicted octanol–water partition coefficient (Wildman–Crippen LogP) is 2.43. The van der Waals surface area contributed by atoms with Crippen molar-refractivity contribution in [1.29, 1.82) is 0 Å². The van der Waals surface area contributed by atoms with Crippen LogP contribution < -0.4 is 10.1 Å². The summed E-state index contributed by atoms with van der Waals surface area (Å²) in [5.74, 6) is -0.313. The molecule has 0 saturated carbocycles. The van der Waals surface area contributed by atoms with Crippen molar-refractivity contribution in [3.63, 3.8) is 0 Å². The maximum Gasteiger partial charge on any atom is 0.187 e. The number of benzene rings is 1. The maximum absolute atomic E-state index is 13.6. The Kier molecular flexibility index (Phi) is 6.97. The molecule has 3 heterocycles. The molecule has 0 amide bonds. The number of nitrogens with one attached hydrogen (secondary N) is 1. The first-order valence-electron chi connectivity index (χ1n) is 10.8. The van der Waals surface area contributed by atoms with Crippen LogP contribution in [-0.4, -0.2) is 71.3 Å². The molecular formula is C22H30N2O5S3. The highest BCUT2D eigenvalue weighted by atomic mass is 32.2. The van der Waals surface area contributed by atoms with Crippen molar-refractivity contribution in [1.82, 2.24) is 10.2 Å². The summed E-state index contributed by atoms with van der Waals surface area (Å²) in [5.41, 5.74) is 0.779. The third kappa shape index (κ3) is 4.89. The zero-order valence-corrected chi connectivity index (χ0v) is 20.8. The minimum Gasteiger partial charge on any atom is -0.495 e. The minimum atomic E-state index is -3.92. The Morgan fingerprint density at radius 1 is 1.22 bits per heavy atom. The third-order valence-corrected chi connectivity index (χ3v) is 11.5. The Labute approximate surface area is 194 Å². The molecule has 0 radical (unpaired) electrons. The van der Waals surface area contributed by atoms with Gasteiger partial charge in [-0.25, -0.2) is 16.8 Å². The quantitative estimate of drug-likeness (QED) is 0.598. The van der Waals surface area contributed by atoms with E-state index >= 15 is 0 Å². The molecule has 176 valence electrons. The zero-order valence-electron chi connectivity index (χ0n) is 18.4. The second-order valence-corrected chi connectivity index (χ2v) is 13.9. The Balaban J connectivity index is 1.61. The second-order valence-electron chi connectivity index (χ2n) is 8.60. The van der Waals surface area contributed by atoms with Gasteiger partial charge in [0.1, 0.15) is 10.6 Å². The molecule has 2 aromatic rings. The van der Waals surface area contributed by atoms with Crippen LogP contribution in [0.2, 0.25) is 0 Å². The van der Waals surface area contributed by atoms with E-state index in [-0.39, 0.29) is 28.2 Å². The average molecular weight is 499 g/mol. The number of nitrogens with zero attached hydrogens (tertiary/aromatic N) is 1. The van der Waals surface area contributed by atoms with Gasteiger partial charge in [0, 0.05) is 17.5 Å². The smallest absolute Gasteiger partial charge is 0.187 e. The summed E-state index contributed by atoms with van der Waals surface area (Å²) in [5, 5.41) is 4.33. The van der Waals surface area contributed by atoms with Crippen LogP contribution in [0.3, 0.4) is 0 Å². The lowest BCUT2D eigenvalue weighted by molar-refractivity contribution is 0.237. The van der Waals surface area contributed by atoms with E-state index in [1.807, 2.05) is 11.4 Å². The van der Waals surface area contributed by atoms with E-state index in [2.05, 4.69) is 16.3 Å². The largest absolute Gasteiger partial charge is 0.495 e. The summed E-state index contributed by atoms with van der Waals surface area (Å²) < 4.78 is 57.6. The van der Waals surface area contributed by atoms with E-state index < -0.39 is 31.0 Å². The molecule has 0 bridgehead atoms. The van der Waals surface area contributed by atoms with Crippen LogP contribution in [0.25, 0.3) is 0 Å². The van der Waals surface area contributed by atoms with Gasteiger partial charge in [0.2, 0.25) is 0 Å². The lowest BCUT2D eigenvalue weighted by atomic mass is 10.2.